The van der Waals surface area contributed by atoms with Crippen LogP contribution in [0.3, 0.4) is 0 Å². The van der Waals surface area contributed by atoms with Crippen LogP contribution in [0.4, 0.5) is 0 Å². The molecule has 0 saturated carbocycles. The van der Waals surface area contributed by atoms with Crippen molar-refractivity contribution in [2.45, 2.75) is 53.6 Å². The predicted molar refractivity (Wildman–Crippen MR) is 96.1 cm³/mol. The van der Waals surface area contributed by atoms with Crippen LogP contribution >= 0.6 is 0 Å². The summed E-state index contributed by atoms with van der Waals surface area (Å²) < 4.78 is 0. The molecule has 2 amide bonds. The summed E-state index contributed by atoms with van der Waals surface area (Å²) in [5.41, 5.74) is 0.800. The van der Waals surface area contributed by atoms with Gasteiger partial charge >= 0.3 is 5.97 Å². The molecular weight excluding hydrogens is 320 g/mol. The highest BCUT2D eigenvalue weighted by molar-refractivity contribution is 5.96. The summed E-state index contributed by atoms with van der Waals surface area (Å²) in [6, 6.07) is 5.84. The third-order valence-corrected chi connectivity index (χ3v) is 3.66. The van der Waals surface area contributed by atoms with Crippen LogP contribution in [0.1, 0.15) is 57.0 Å². The maximum atomic E-state index is 12.2. The third kappa shape index (κ3) is 6.95. The summed E-state index contributed by atoms with van der Waals surface area (Å²) in [4.78, 5) is 35.3. The normalized spacial score (nSPS) is 12.6. The van der Waals surface area contributed by atoms with E-state index in [9.17, 15) is 19.5 Å². The van der Waals surface area contributed by atoms with Gasteiger partial charge in [0.15, 0.2) is 0 Å². The summed E-state index contributed by atoms with van der Waals surface area (Å²) in [6.45, 7) is 9.71. The number of amides is 2. The Morgan fingerprint density at radius 1 is 1.08 bits per heavy atom. The van der Waals surface area contributed by atoms with Gasteiger partial charge in [0.2, 0.25) is 5.91 Å². The second-order valence-corrected chi connectivity index (χ2v) is 7.62. The lowest BCUT2D eigenvalue weighted by Crippen LogP contribution is -2.41. The largest absolute Gasteiger partial charge is 0.480 e. The van der Waals surface area contributed by atoms with Crippen LogP contribution < -0.4 is 10.6 Å². The zero-order chi connectivity index (χ0) is 19.2. The maximum Gasteiger partial charge on any atom is 0.326 e. The first-order valence-electron chi connectivity index (χ1n) is 8.41. The summed E-state index contributed by atoms with van der Waals surface area (Å²) in [5.74, 6) is -1.34. The Morgan fingerprint density at radius 3 is 2.08 bits per heavy atom. The number of rotatable bonds is 7. The van der Waals surface area contributed by atoms with Crippen molar-refractivity contribution in [1.29, 1.82) is 0 Å². The summed E-state index contributed by atoms with van der Waals surface area (Å²) in [6.07, 6.45) is 0.373. The molecule has 6 nitrogen and oxygen atoms in total. The van der Waals surface area contributed by atoms with Crippen molar-refractivity contribution in [1.82, 2.24) is 10.6 Å². The highest BCUT2D eigenvalue weighted by atomic mass is 16.4. The van der Waals surface area contributed by atoms with Crippen molar-refractivity contribution in [2.24, 2.45) is 11.3 Å². The van der Waals surface area contributed by atoms with Crippen molar-refractivity contribution in [2.75, 3.05) is 0 Å². The van der Waals surface area contributed by atoms with Crippen LogP contribution in [0.25, 0.3) is 0 Å². The number of carbonyl (C=O) groups excluding carboxylic acids is 2. The number of hydrogen-bond donors (Lipinski definition) is 3. The van der Waals surface area contributed by atoms with E-state index in [-0.39, 0.29) is 11.8 Å². The van der Waals surface area contributed by atoms with Crippen LogP contribution in [-0.4, -0.2) is 28.9 Å². The number of nitrogens with one attached hydrogen (secondary N) is 2. The second-order valence-electron chi connectivity index (χ2n) is 7.62. The van der Waals surface area contributed by atoms with Crippen LogP contribution in [0.15, 0.2) is 24.3 Å². The number of carboxylic acids is 1. The fourth-order valence-electron chi connectivity index (χ4n) is 2.16. The molecule has 0 saturated heterocycles. The molecule has 1 rings (SSSR count). The molecule has 1 atom stereocenters. The maximum absolute atomic E-state index is 12.2. The molecule has 0 radical (unpaired) electrons. The molecule has 6 heteroatoms. The number of hydrogen-bond acceptors (Lipinski definition) is 3. The Morgan fingerprint density at radius 2 is 1.64 bits per heavy atom. The number of aliphatic carboxylic acids is 1. The highest BCUT2D eigenvalue weighted by Crippen LogP contribution is 2.13. The Hall–Kier alpha value is -2.37. The molecule has 0 fully saturated rings. The Balaban J connectivity index is 2.67. The molecular formula is C19H28N2O4. The molecule has 1 unspecified atom stereocenters. The van der Waals surface area contributed by atoms with Gasteiger partial charge in [0.1, 0.15) is 6.04 Å². The van der Waals surface area contributed by atoms with Gasteiger partial charge < -0.3 is 15.7 Å². The van der Waals surface area contributed by atoms with Crippen molar-refractivity contribution in [3.63, 3.8) is 0 Å². The molecule has 0 aliphatic rings. The first-order valence-corrected chi connectivity index (χ1v) is 8.41. The Labute approximate surface area is 149 Å². The Kier molecular flexibility index (Phi) is 7.15. The lowest BCUT2D eigenvalue weighted by atomic mass is 9.95. The van der Waals surface area contributed by atoms with E-state index in [1.807, 2.05) is 34.6 Å². The predicted octanol–water partition coefficient (Wildman–Crippen LogP) is 2.58. The van der Waals surface area contributed by atoms with Crippen molar-refractivity contribution >= 4 is 17.8 Å². The van der Waals surface area contributed by atoms with Crippen LogP contribution in [0, 0.1) is 11.3 Å². The van der Waals surface area contributed by atoms with E-state index in [4.69, 9.17) is 0 Å². The highest BCUT2D eigenvalue weighted by Gasteiger charge is 2.22. The second kappa shape index (κ2) is 8.65. The van der Waals surface area contributed by atoms with Gasteiger partial charge in [0.05, 0.1) is 0 Å². The number of carboxylic acid groups (broad SMARTS) is 1. The molecule has 1 aromatic carbocycles. The van der Waals surface area contributed by atoms with Gasteiger partial charge in [0, 0.05) is 17.5 Å². The minimum Gasteiger partial charge on any atom is -0.480 e. The first kappa shape index (κ1) is 20.7. The lowest BCUT2D eigenvalue weighted by molar-refractivity contribution is -0.139. The minimum absolute atomic E-state index is 0.0488. The molecule has 0 aromatic heterocycles. The standard InChI is InChI=1S/C19H28N2O4/c1-12(2)10-15(17(23)24)21-16(22)14-8-6-13(7-9-14)11-20-18(25)19(3,4)5/h6-9,12,15H,10-11H2,1-5H3,(H,20,25)(H,21,22)(H,23,24). The fourth-order valence-corrected chi connectivity index (χ4v) is 2.16. The van der Waals surface area contributed by atoms with Gasteiger partial charge in [-0.2, -0.15) is 0 Å². The molecule has 0 heterocycles. The van der Waals surface area contributed by atoms with Gasteiger partial charge in [-0.05, 0) is 30.0 Å². The molecule has 138 valence electrons. The summed E-state index contributed by atoms with van der Waals surface area (Å²) in [7, 11) is 0. The van der Waals surface area contributed by atoms with Gasteiger partial charge in [-0.25, -0.2) is 4.79 Å². The van der Waals surface area contributed by atoms with Crippen molar-refractivity contribution in [3.05, 3.63) is 35.4 Å². The van der Waals surface area contributed by atoms with Crippen LogP contribution in [-0.2, 0) is 16.1 Å². The fraction of sp³-hybridized carbons (Fsp3) is 0.526. The third-order valence-electron chi connectivity index (χ3n) is 3.66. The lowest BCUT2D eigenvalue weighted by Gasteiger charge is -2.18. The smallest absolute Gasteiger partial charge is 0.326 e. The van der Waals surface area contributed by atoms with Gasteiger partial charge in [-0.1, -0.05) is 46.8 Å². The first-order chi connectivity index (χ1) is 11.5. The van der Waals surface area contributed by atoms with Crippen LogP contribution in [0.2, 0.25) is 0 Å². The molecule has 1 aromatic rings. The zero-order valence-corrected chi connectivity index (χ0v) is 15.6. The monoisotopic (exact) mass is 348 g/mol. The average Bonchev–Trinajstić information content (AvgIpc) is 2.50. The molecule has 0 bridgehead atoms. The Bertz CT molecular complexity index is 615. The molecule has 25 heavy (non-hydrogen) atoms. The molecule has 0 aliphatic heterocycles. The zero-order valence-electron chi connectivity index (χ0n) is 15.6. The van der Waals surface area contributed by atoms with Gasteiger partial charge in [-0.15, -0.1) is 0 Å². The van der Waals surface area contributed by atoms with Crippen molar-refractivity contribution < 1.29 is 19.5 Å². The quantitative estimate of drug-likeness (QED) is 0.706. The summed E-state index contributed by atoms with van der Waals surface area (Å²) >= 11 is 0. The van der Waals surface area contributed by atoms with Crippen LogP contribution in [0.5, 0.6) is 0 Å². The van der Waals surface area contributed by atoms with E-state index < -0.39 is 23.3 Å². The van der Waals surface area contributed by atoms with E-state index in [1.54, 1.807) is 24.3 Å². The van der Waals surface area contributed by atoms with E-state index in [2.05, 4.69) is 10.6 Å². The number of benzene rings is 1. The van der Waals surface area contributed by atoms with E-state index >= 15 is 0 Å². The van der Waals surface area contributed by atoms with Crippen molar-refractivity contribution in [3.8, 4) is 0 Å². The van der Waals surface area contributed by atoms with Gasteiger partial charge in [-0.3, -0.25) is 9.59 Å². The summed E-state index contributed by atoms with van der Waals surface area (Å²) in [5, 5.41) is 14.6. The van der Waals surface area contributed by atoms with E-state index in [0.717, 1.165) is 5.56 Å². The number of carbonyl (C=O) groups is 3. The molecule has 0 aliphatic carbocycles. The van der Waals surface area contributed by atoms with Gasteiger partial charge in [0.25, 0.3) is 5.91 Å². The SMILES string of the molecule is CC(C)CC(NC(=O)c1ccc(CNC(=O)C(C)(C)C)cc1)C(=O)O. The van der Waals surface area contributed by atoms with E-state index in [0.29, 0.717) is 18.5 Å². The minimum atomic E-state index is -1.04. The van der Waals surface area contributed by atoms with E-state index in [1.165, 1.54) is 0 Å². The molecule has 0 spiro atoms. The molecule has 3 N–H and O–H groups in total. The average molecular weight is 348 g/mol. The topological polar surface area (TPSA) is 95.5 Å².